The molecule has 0 aromatic heterocycles. The lowest BCUT2D eigenvalue weighted by molar-refractivity contribution is -0.227. The molecule has 3 atom stereocenters. The minimum absolute atomic E-state index is 0.0746. The van der Waals surface area contributed by atoms with Crippen LogP contribution in [0.4, 0.5) is 0 Å². The van der Waals surface area contributed by atoms with Crippen molar-refractivity contribution >= 4 is 0 Å². The highest BCUT2D eigenvalue weighted by Crippen LogP contribution is 2.36. The summed E-state index contributed by atoms with van der Waals surface area (Å²) in [6, 6.07) is 0. The lowest BCUT2D eigenvalue weighted by Gasteiger charge is -2.36. The zero-order valence-corrected chi connectivity index (χ0v) is 8.70. The molecule has 3 unspecified atom stereocenters. The number of ether oxygens (including phenoxy) is 3. The normalized spacial score (nSPS) is 43.3. The van der Waals surface area contributed by atoms with Crippen molar-refractivity contribution < 1.29 is 14.2 Å². The number of hydrogen-bond acceptors (Lipinski definition) is 4. The number of nitrogens with two attached hydrogens (primary N) is 1. The monoisotopic (exact) mass is 201 g/mol. The van der Waals surface area contributed by atoms with Gasteiger partial charge in [-0.05, 0) is 6.42 Å². The fraction of sp³-hybridized carbons (Fsp3) is 1.00. The van der Waals surface area contributed by atoms with Crippen LogP contribution in [0, 0.1) is 0 Å². The Kier molecular flexibility index (Phi) is 3.07. The van der Waals surface area contributed by atoms with Crippen molar-refractivity contribution in [2.75, 3.05) is 19.8 Å². The first kappa shape index (κ1) is 10.4. The van der Waals surface area contributed by atoms with Gasteiger partial charge in [-0.1, -0.05) is 6.92 Å². The second-order valence-corrected chi connectivity index (χ2v) is 4.05. The molecule has 0 saturated carbocycles. The van der Waals surface area contributed by atoms with E-state index in [1.807, 2.05) is 0 Å². The molecule has 0 radical (unpaired) electrons. The zero-order chi connectivity index (χ0) is 10.0. The van der Waals surface area contributed by atoms with Gasteiger partial charge in [0.2, 0.25) is 0 Å². The summed E-state index contributed by atoms with van der Waals surface area (Å²) >= 11 is 0. The Morgan fingerprint density at radius 1 is 1.43 bits per heavy atom. The Balaban J connectivity index is 1.95. The molecule has 0 aromatic carbocycles. The minimum Gasteiger partial charge on any atom is -0.378 e. The first-order valence-electron chi connectivity index (χ1n) is 5.41. The molecule has 4 nitrogen and oxygen atoms in total. The van der Waals surface area contributed by atoms with Crippen LogP contribution in [0.3, 0.4) is 0 Å². The summed E-state index contributed by atoms with van der Waals surface area (Å²) in [4.78, 5) is 0. The summed E-state index contributed by atoms with van der Waals surface area (Å²) in [6.07, 6.45) is 3.05. The van der Waals surface area contributed by atoms with Crippen molar-refractivity contribution in [3.8, 4) is 0 Å². The fourth-order valence-corrected chi connectivity index (χ4v) is 2.12. The molecule has 82 valence electrons. The van der Waals surface area contributed by atoms with Gasteiger partial charge in [-0.3, -0.25) is 0 Å². The van der Waals surface area contributed by atoms with Crippen molar-refractivity contribution in [1.29, 1.82) is 0 Å². The Bertz CT molecular complexity index is 200. The molecule has 0 aromatic rings. The largest absolute Gasteiger partial charge is 0.378 e. The van der Waals surface area contributed by atoms with Crippen LogP contribution >= 0.6 is 0 Å². The zero-order valence-electron chi connectivity index (χ0n) is 8.70. The van der Waals surface area contributed by atoms with Crippen LogP contribution in [0.1, 0.15) is 26.2 Å². The molecule has 0 aliphatic carbocycles. The van der Waals surface area contributed by atoms with Crippen molar-refractivity contribution in [2.45, 2.75) is 44.2 Å². The predicted octanol–water partition coefficient (Wildman–Crippen LogP) is 0.646. The van der Waals surface area contributed by atoms with Crippen LogP contribution in [0.5, 0.6) is 0 Å². The Morgan fingerprint density at radius 3 is 2.93 bits per heavy atom. The Morgan fingerprint density at radius 2 is 2.29 bits per heavy atom. The molecule has 0 bridgehead atoms. The van der Waals surface area contributed by atoms with Gasteiger partial charge in [-0.2, -0.15) is 0 Å². The van der Waals surface area contributed by atoms with Gasteiger partial charge in [0.25, 0.3) is 0 Å². The van der Waals surface area contributed by atoms with Gasteiger partial charge < -0.3 is 19.9 Å². The van der Waals surface area contributed by atoms with Crippen molar-refractivity contribution in [2.24, 2.45) is 5.73 Å². The second kappa shape index (κ2) is 4.14. The van der Waals surface area contributed by atoms with Gasteiger partial charge in [-0.15, -0.1) is 0 Å². The number of rotatable bonds is 2. The van der Waals surface area contributed by atoms with E-state index in [0.717, 1.165) is 25.9 Å². The average molecular weight is 201 g/mol. The van der Waals surface area contributed by atoms with E-state index in [1.54, 1.807) is 0 Å². The summed E-state index contributed by atoms with van der Waals surface area (Å²) in [7, 11) is 0. The molecule has 2 fully saturated rings. The molecule has 14 heavy (non-hydrogen) atoms. The van der Waals surface area contributed by atoms with Crippen LogP contribution in [-0.2, 0) is 14.2 Å². The van der Waals surface area contributed by atoms with Gasteiger partial charge >= 0.3 is 0 Å². The highest BCUT2D eigenvalue weighted by Gasteiger charge is 2.44. The smallest absolute Gasteiger partial charge is 0.173 e. The second-order valence-electron chi connectivity index (χ2n) is 4.05. The maximum Gasteiger partial charge on any atom is 0.173 e. The molecule has 2 aliphatic heterocycles. The highest BCUT2D eigenvalue weighted by molar-refractivity contribution is 4.85. The fourth-order valence-electron chi connectivity index (χ4n) is 2.12. The topological polar surface area (TPSA) is 53.7 Å². The van der Waals surface area contributed by atoms with Gasteiger partial charge in [0.15, 0.2) is 5.79 Å². The predicted molar refractivity (Wildman–Crippen MR) is 51.9 cm³/mol. The Hall–Kier alpha value is -0.160. The lowest BCUT2D eigenvalue weighted by atomic mass is 10.0. The molecular formula is C10H19NO3. The van der Waals surface area contributed by atoms with E-state index < -0.39 is 0 Å². The summed E-state index contributed by atoms with van der Waals surface area (Å²) in [6.45, 7) is 4.03. The van der Waals surface area contributed by atoms with Crippen LogP contribution in [0.15, 0.2) is 0 Å². The van der Waals surface area contributed by atoms with E-state index in [4.69, 9.17) is 19.9 Å². The molecule has 2 N–H and O–H groups in total. The molecule has 2 heterocycles. The highest BCUT2D eigenvalue weighted by atomic mass is 16.7. The molecule has 2 rings (SSSR count). The minimum atomic E-state index is -0.386. The van der Waals surface area contributed by atoms with E-state index in [9.17, 15) is 0 Å². The first-order valence-corrected chi connectivity index (χ1v) is 5.41. The molecule has 0 amide bonds. The summed E-state index contributed by atoms with van der Waals surface area (Å²) in [5, 5.41) is 0. The molecular weight excluding hydrogens is 182 g/mol. The summed E-state index contributed by atoms with van der Waals surface area (Å²) < 4.78 is 17.2. The van der Waals surface area contributed by atoms with Gasteiger partial charge in [0.05, 0.1) is 25.4 Å². The SMILES string of the molecule is CCC1CC2(CCO1)OCC(CN)O2. The summed E-state index contributed by atoms with van der Waals surface area (Å²) in [5.74, 6) is -0.386. The first-order chi connectivity index (χ1) is 6.78. The number of hydrogen-bond donors (Lipinski definition) is 1. The molecule has 2 saturated heterocycles. The van der Waals surface area contributed by atoms with E-state index in [-0.39, 0.29) is 18.0 Å². The van der Waals surface area contributed by atoms with Crippen molar-refractivity contribution in [3.63, 3.8) is 0 Å². The third kappa shape index (κ3) is 1.93. The molecule has 2 aliphatic rings. The van der Waals surface area contributed by atoms with E-state index >= 15 is 0 Å². The van der Waals surface area contributed by atoms with E-state index in [2.05, 4.69) is 6.92 Å². The van der Waals surface area contributed by atoms with Crippen LogP contribution < -0.4 is 5.73 Å². The standard InChI is InChI=1S/C10H19NO3/c1-2-8-5-10(3-4-12-8)13-7-9(6-11)14-10/h8-9H,2-7,11H2,1H3. The molecule has 4 heteroatoms. The van der Waals surface area contributed by atoms with Gasteiger partial charge in [0.1, 0.15) is 0 Å². The third-order valence-electron chi connectivity index (χ3n) is 3.01. The van der Waals surface area contributed by atoms with Gasteiger partial charge in [-0.25, -0.2) is 0 Å². The quantitative estimate of drug-likeness (QED) is 0.712. The van der Waals surface area contributed by atoms with Gasteiger partial charge in [0, 0.05) is 19.4 Å². The van der Waals surface area contributed by atoms with E-state index in [1.165, 1.54) is 0 Å². The van der Waals surface area contributed by atoms with Crippen LogP contribution in [-0.4, -0.2) is 37.8 Å². The van der Waals surface area contributed by atoms with Crippen LogP contribution in [0.2, 0.25) is 0 Å². The molecule has 1 spiro atoms. The maximum atomic E-state index is 5.84. The van der Waals surface area contributed by atoms with Crippen molar-refractivity contribution in [3.05, 3.63) is 0 Å². The maximum absolute atomic E-state index is 5.84. The van der Waals surface area contributed by atoms with Crippen molar-refractivity contribution in [1.82, 2.24) is 0 Å². The van der Waals surface area contributed by atoms with E-state index in [0.29, 0.717) is 13.2 Å². The lowest BCUT2D eigenvalue weighted by Crippen LogP contribution is -2.42. The van der Waals surface area contributed by atoms with Crippen LogP contribution in [0.25, 0.3) is 0 Å². The Labute approximate surface area is 84.7 Å². The summed E-state index contributed by atoms with van der Waals surface area (Å²) in [5.41, 5.74) is 5.55. The third-order valence-corrected chi connectivity index (χ3v) is 3.01. The average Bonchev–Trinajstić information content (AvgIpc) is 2.61.